The molecule has 1 N–H and O–H groups in total. The highest BCUT2D eigenvalue weighted by molar-refractivity contribution is 14.1. The van der Waals surface area contributed by atoms with Crippen molar-refractivity contribution in [2.24, 2.45) is 0 Å². The SMILES string of the molecule is COc1cc(I)c(C(=O)NCc2cc(OC)c(OC)c(OC)c2)cc1OC. The van der Waals surface area contributed by atoms with Gasteiger partial charge in [-0.3, -0.25) is 4.79 Å². The number of methoxy groups -OCH3 is 5. The van der Waals surface area contributed by atoms with E-state index >= 15 is 0 Å². The molecule has 146 valence electrons. The normalized spacial score (nSPS) is 10.1. The number of nitrogens with one attached hydrogen (secondary N) is 1. The average Bonchev–Trinajstić information content (AvgIpc) is 2.70. The zero-order chi connectivity index (χ0) is 20.0. The number of carbonyl (C=O) groups is 1. The summed E-state index contributed by atoms with van der Waals surface area (Å²) in [5.41, 5.74) is 1.31. The Labute approximate surface area is 172 Å². The van der Waals surface area contributed by atoms with Gasteiger partial charge < -0.3 is 29.0 Å². The minimum Gasteiger partial charge on any atom is -0.493 e. The lowest BCUT2D eigenvalue weighted by Crippen LogP contribution is -2.24. The van der Waals surface area contributed by atoms with Crippen LogP contribution in [0, 0.1) is 3.57 Å². The third-order valence-corrected chi connectivity index (χ3v) is 4.79. The Balaban J connectivity index is 2.23. The summed E-state index contributed by atoms with van der Waals surface area (Å²) in [6, 6.07) is 7.00. The lowest BCUT2D eigenvalue weighted by atomic mass is 10.1. The first-order valence-corrected chi connectivity index (χ1v) is 9.05. The van der Waals surface area contributed by atoms with Crippen LogP contribution in [0.3, 0.4) is 0 Å². The van der Waals surface area contributed by atoms with Crippen molar-refractivity contribution in [3.8, 4) is 28.7 Å². The van der Waals surface area contributed by atoms with Crippen LogP contribution in [-0.2, 0) is 6.54 Å². The van der Waals surface area contributed by atoms with Crippen LogP contribution in [0.25, 0.3) is 0 Å². The smallest absolute Gasteiger partial charge is 0.252 e. The fraction of sp³-hybridized carbons (Fsp3) is 0.316. The van der Waals surface area contributed by atoms with Crippen molar-refractivity contribution in [1.29, 1.82) is 0 Å². The van der Waals surface area contributed by atoms with Gasteiger partial charge in [0.1, 0.15) is 0 Å². The van der Waals surface area contributed by atoms with Gasteiger partial charge in [-0.15, -0.1) is 0 Å². The predicted octanol–water partition coefficient (Wildman–Crippen LogP) is 3.26. The van der Waals surface area contributed by atoms with Gasteiger partial charge in [0.05, 0.1) is 41.1 Å². The van der Waals surface area contributed by atoms with Crippen LogP contribution in [-0.4, -0.2) is 41.5 Å². The second-order valence-corrected chi connectivity index (χ2v) is 6.57. The van der Waals surface area contributed by atoms with E-state index in [-0.39, 0.29) is 5.91 Å². The average molecular weight is 487 g/mol. The van der Waals surface area contributed by atoms with Crippen LogP contribution in [0.5, 0.6) is 28.7 Å². The van der Waals surface area contributed by atoms with E-state index in [4.69, 9.17) is 23.7 Å². The maximum absolute atomic E-state index is 12.6. The van der Waals surface area contributed by atoms with E-state index in [1.165, 1.54) is 7.11 Å². The molecule has 2 aromatic rings. The summed E-state index contributed by atoms with van der Waals surface area (Å²) in [6.07, 6.45) is 0. The van der Waals surface area contributed by atoms with Crippen LogP contribution in [0.2, 0.25) is 0 Å². The maximum atomic E-state index is 12.6. The number of ether oxygens (including phenoxy) is 5. The molecule has 0 radical (unpaired) electrons. The van der Waals surface area contributed by atoms with Crippen molar-refractivity contribution in [2.75, 3.05) is 35.5 Å². The molecule has 2 rings (SSSR count). The molecule has 0 saturated heterocycles. The zero-order valence-corrected chi connectivity index (χ0v) is 18.0. The molecule has 7 nitrogen and oxygen atoms in total. The lowest BCUT2D eigenvalue weighted by molar-refractivity contribution is 0.0949. The van der Waals surface area contributed by atoms with Gasteiger partial charge in [0, 0.05) is 10.1 Å². The van der Waals surface area contributed by atoms with Gasteiger partial charge in [-0.25, -0.2) is 0 Å². The van der Waals surface area contributed by atoms with Gasteiger partial charge in [-0.05, 0) is 52.4 Å². The van der Waals surface area contributed by atoms with Crippen molar-refractivity contribution in [3.05, 3.63) is 39.0 Å². The van der Waals surface area contributed by atoms with E-state index in [0.29, 0.717) is 40.9 Å². The minimum atomic E-state index is -0.228. The van der Waals surface area contributed by atoms with Gasteiger partial charge in [0.25, 0.3) is 5.91 Å². The van der Waals surface area contributed by atoms with Gasteiger partial charge in [0.15, 0.2) is 23.0 Å². The molecule has 0 aromatic heterocycles. The molecule has 0 heterocycles. The molecule has 0 aliphatic carbocycles. The standard InChI is InChI=1S/C19H22INO6/c1-23-14-8-12(13(20)9-15(14)24-2)19(22)21-10-11-6-16(25-3)18(27-5)17(7-11)26-4/h6-9H,10H2,1-5H3,(H,21,22). The second kappa shape index (κ2) is 9.54. The summed E-state index contributed by atoms with van der Waals surface area (Å²) in [4.78, 5) is 12.6. The zero-order valence-electron chi connectivity index (χ0n) is 15.8. The molecular formula is C19H22INO6. The third-order valence-electron chi connectivity index (χ3n) is 3.90. The highest BCUT2D eigenvalue weighted by Crippen LogP contribution is 2.38. The molecule has 1 amide bonds. The predicted molar refractivity (Wildman–Crippen MR) is 110 cm³/mol. The fourth-order valence-electron chi connectivity index (χ4n) is 2.54. The number of carbonyl (C=O) groups excluding carboxylic acids is 1. The number of hydrogen-bond acceptors (Lipinski definition) is 6. The van der Waals surface area contributed by atoms with Crippen LogP contribution >= 0.6 is 22.6 Å². The largest absolute Gasteiger partial charge is 0.493 e. The first-order chi connectivity index (χ1) is 13.0. The Hall–Kier alpha value is -2.36. The van der Waals surface area contributed by atoms with E-state index < -0.39 is 0 Å². The summed E-state index contributed by atoms with van der Waals surface area (Å²) in [7, 11) is 7.72. The monoisotopic (exact) mass is 487 g/mol. The summed E-state index contributed by atoms with van der Waals surface area (Å²) in [5, 5.41) is 2.89. The molecule has 2 aromatic carbocycles. The highest BCUT2D eigenvalue weighted by atomic mass is 127. The molecule has 0 fully saturated rings. The van der Waals surface area contributed by atoms with Crippen LogP contribution < -0.4 is 29.0 Å². The van der Waals surface area contributed by atoms with Gasteiger partial charge in [0.2, 0.25) is 5.75 Å². The quantitative estimate of drug-likeness (QED) is 0.577. The number of halogens is 1. The van der Waals surface area contributed by atoms with E-state index in [1.807, 2.05) is 0 Å². The molecule has 0 saturated carbocycles. The molecule has 0 spiro atoms. The summed E-state index contributed by atoms with van der Waals surface area (Å²) in [6.45, 7) is 0.292. The van der Waals surface area contributed by atoms with E-state index in [2.05, 4.69) is 27.9 Å². The van der Waals surface area contributed by atoms with Crippen molar-refractivity contribution in [1.82, 2.24) is 5.32 Å². The maximum Gasteiger partial charge on any atom is 0.252 e. The molecule has 0 bridgehead atoms. The Morgan fingerprint density at radius 3 is 1.81 bits per heavy atom. The highest BCUT2D eigenvalue weighted by Gasteiger charge is 2.17. The molecule has 27 heavy (non-hydrogen) atoms. The Kier molecular flexibility index (Phi) is 7.40. The Bertz CT molecular complexity index is 799. The lowest BCUT2D eigenvalue weighted by Gasteiger charge is -2.15. The summed E-state index contributed by atoms with van der Waals surface area (Å²) >= 11 is 2.09. The van der Waals surface area contributed by atoms with Crippen molar-refractivity contribution in [3.63, 3.8) is 0 Å². The molecule has 0 aliphatic rings. The van der Waals surface area contributed by atoms with E-state index in [0.717, 1.165) is 9.13 Å². The Morgan fingerprint density at radius 1 is 0.815 bits per heavy atom. The molecule has 0 aliphatic heterocycles. The van der Waals surface area contributed by atoms with Crippen LogP contribution in [0.1, 0.15) is 15.9 Å². The fourth-order valence-corrected chi connectivity index (χ4v) is 3.23. The number of rotatable bonds is 8. The summed E-state index contributed by atoms with van der Waals surface area (Å²) < 4.78 is 27.3. The number of benzene rings is 2. The van der Waals surface area contributed by atoms with Crippen molar-refractivity contribution < 1.29 is 28.5 Å². The second-order valence-electron chi connectivity index (χ2n) is 5.40. The van der Waals surface area contributed by atoms with E-state index in [9.17, 15) is 4.79 Å². The molecule has 0 atom stereocenters. The molecule has 0 unspecified atom stereocenters. The topological polar surface area (TPSA) is 75.3 Å². The van der Waals surface area contributed by atoms with Crippen LogP contribution in [0.15, 0.2) is 24.3 Å². The van der Waals surface area contributed by atoms with E-state index in [1.54, 1.807) is 52.7 Å². The molecule has 8 heteroatoms. The van der Waals surface area contributed by atoms with Crippen molar-refractivity contribution in [2.45, 2.75) is 6.54 Å². The number of hydrogen-bond donors (Lipinski definition) is 1. The summed E-state index contributed by atoms with van der Waals surface area (Å²) in [5.74, 6) is 2.40. The Morgan fingerprint density at radius 2 is 1.33 bits per heavy atom. The van der Waals surface area contributed by atoms with Gasteiger partial charge in [-0.1, -0.05) is 0 Å². The minimum absolute atomic E-state index is 0.228. The van der Waals surface area contributed by atoms with Gasteiger partial charge >= 0.3 is 0 Å². The third kappa shape index (κ3) is 4.68. The first-order valence-electron chi connectivity index (χ1n) is 7.97. The van der Waals surface area contributed by atoms with Gasteiger partial charge in [-0.2, -0.15) is 0 Å². The van der Waals surface area contributed by atoms with Crippen molar-refractivity contribution >= 4 is 28.5 Å². The van der Waals surface area contributed by atoms with Crippen LogP contribution in [0.4, 0.5) is 0 Å². The molecular weight excluding hydrogens is 465 g/mol. The first kappa shape index (κ1) is 20.9. The number of amides is 1.